The van der Waals surface area contributed by atoms with E-state index < -0.39 is 0 Å². The largest absolute Gasteiger partial charge is 0.490 e. The van der Waals surface area contributed by atoms with Crippen molar-refractivity contribution in [3.8, 4) is 17.2 Å². The standard InChI is InChI=1S/C18H21N3O5/c1-11-15(21-26-20-11)9-18(22)19-12-2-4-13(5-3-12)25-14-6-7-16-17(8-14)24-10-23-16/h6-8,12-13H,2-5,9-10H2,1H3,(H,19,22). The number of ether oxygens (including phenoxy) is 3. The lowest BCUT2D eigenvalue weighted by Crippen LogP contribution is -2.40. The Morgan fingerprint density at radius 1 is 1.19 bits per heavy atom. The number of fused-ring (bicyclic) bond motifs is 1. The van der Waals surface area contributed by atoms with E-state index >= 15 is 0 Å². The van der Waals surface area contributed by atoms with Crippen molar-refractivity contribution in [2.24, 2.45) is 0 Å². The molecule has 4 rings (SSSR count). The van der Waals surface area contributed by atoms with Gasteiger partial charge in [0.2, 0.25) is 12.7 Å². The highest BCUT2D eigenvalue weighted by Gasteiger charge is 2.25. The number of rotatable bonds is 5. The van der Waals surface area contributed by atoms with E-state index in [4.69, 9.17) is 14.2 Å². The van der Waals surface area contributed by atoms with Crippen LogP contribution in [0.1, 0.15) is 37.1 Å². The number of hydrogen-bond acceptors (Lipinski definition) is 7. The first kappa shape index (κ1) is 16.7. The Balaban J connectivity index is 1.24. The van der Waals surface area contributed by atoms with Crippen LogP contribution in [0.4, 0.5) is 0 Å². The molecule has 2 aromatic rings. The van der Waals surface area contributed by atoms with Crippen LogP contribution < -0.4 is 19.5 Å². The molecule has 0 saturated heterocycles. The second-order valence-corrected chi connectivity index (χ2v) is 6.65. The zero-order valence-corrected chi connectivity index (χ0v) is 14.6. The van der Waals surface area contributed by atoms with Gasteiger partial charge in [-0.1, -0.05) is 10.3 Å². The molecular formula is C18H21N3O5. The smallest absolute Gasteiger partial charge is 0.231 e. The van der Waals surface area contributed by atoms with E-state index in [1.54, 1.807) is 6.92 Å². The van der Waals surface area contributed by atoms with Crippen LogP contribution in [-0.2, 0) is 11.2 Å². The lowest BCUT2D eigenvalue weighted by Gasteiger charge is -2.29. The molecule has 1 aliphatic carbocycles. The fraction of sp³-hybridized carbons (Fsp3) is 0.500. The van der Waals surface area contributed by atoms with Crippen LogP contribution in [0, 0.1) is 6.92 Å². The molecule has 138 valence electrons. The number of hydrogen-bond donors (Lipinski definition) is 1. The normalized spacial score (nSPS) is 21.4. The molecule has 2 aliphatic rings. The van der Waals surface area contributed by atoms with Crippen molar-refractivity contribution in [2.75, 3.05) is 6.79 Å². The third-order valence-electron chi connectivity index (χ3n) is 4.76. The molecule has 1 saturated carbocycles. The Bertz CT molecular complexity index is 783. The summed E-state index contributed by atoms with van der Waals surface area (Å²) in [5, 5.41) is 10.5. The summed E-state index contributed by atoms with van der Waals surface area (Å²) in [5.74, 6) is 2.21. The summed E-state index contributed by atoms with van der Waals surface area (Å²) >= 11 is 0. The Labute approximate surface area is 150 Å². The molecule has 8 nitrogen and oxygen atoms in total. The number of aryl methyl sites for hydroxylation is 1. The first-order valence-corrected chi connectivity index (χ1v) is 8.81. The highest BCUT2D eigenvalue weighted by molar-refractivity contribution is 5.78. The predicted octanol–water partition coefficient (Wildman–Crippen LogP) is 2.16. The number of carbonyl (C=O) groups is 1. The van der Waals surface area contributed by atoms with Crippen LogP contribution >= 0.6 is 0 Å². The minimum absolute atomic E-state index is 0.0519. The number of nitrogens with zero attached hydrogens (tertiary/aromatic N) is 2. The minimum atomic E-state index is -0.0519. The number of carbonyl (C=O) groups excluding carboxylic acids is 1. The number of benzene rings is 1. The number of amides is 1. The van der Waals surface area contributed by atoms with Crippen molar-refractivity contribution < 1.29 is 23.6 Å². The summed E-state index contributed by atoms with van der Waals surface area (Å²) in [5.41, 5.74) is 1.24. The molecule has 1 aliphatic heterocycles. The van der Waals surface area contributed by atoms with E-state index in [0.717, 1.165) is 42.9 Å². The summed E-state index contributed by atoms with van der Waals surface area (Å²) in [6.45, 7) is 2.03. The maximum Gasteiger partial charge on any atom is 0.231 e. The molecule has 8 heteroatoms. The van der Waals surface area contributed by atoms with Gasteiger partial charge in [-0.3, -0.25) is 4.79 Å². The Morgan fingerprint density at radius 3 is 2.77 bits per heavy atom. The molecule has 0 radical (unpaired) electrons. The molecule has 0 spiro atoms. The van der Waals surface area contributed by atoms with Crippen LogP contribution in [0.2, 0.25) is 0 Å². The molecular weight excluding hydrogens is 338 g/mol. The SMILES string of the molecule is Cc1nonc1CC(=O)NC1CCC(Oc2ccc3c(c2)OCO3)CC1. The van der Waals surface area contributed by atoms with Gasteiger partial charge in [-0.15, -0.1) is 0 Å². The van der Waals surface area contributed by atoms with Crippen molar-refractivity contribution >= 4 is 5.91 Å². The molecule has 0 unspecified atom stereocenters. The molecule has 0 atom stereocenters. The van der Waals surface area contributed by atoms with Gasteiger partial charge in [0.15, 0.2) is 11.5 Å². The second-order valence-electron chi connectivity index (χ2n) is 6.65. The van der Waals surface area contributed by atoms with Crippen LogP contribution in [-0.4, -0.2) is 35.2 Å². The van der Waals surface area contributed by atoms with Gasteiger partial charge in [0.25, 0.3) is 0 Å². The fourth-order valence-electron chi connectivity index (χ4n) is 3.31. The fourth-order valence-corrected chi connectivity index (χ4v) is 3.31. The highest BCUT2D eigenvalue weighted by atomic mass is 16.7. The molecule has 1 aromatic heterocycles. The van der Waals surface area contributed by atoms with Crippen LogP contribution in [0.5, 0.6) is 17.2 Å². The molecule has 26 heavy (non-hydrogen) atoms. The third-order valence-corrected chi connectivity index (χ3v) is 4.76. The van der Waals surface area contributed by atoms with Gasteiger partial charge in [-0.25, -0.2) is 4.63 Å². The van der Waals surface area contributed by atoms with Crippen LogP contribution in [0.15, 0.2) is 22.8 Å². The summed E-state index contributed by atoms with van der Waals surface area (Å²) in [4.78, 5) is 12.1. The molecule has 1 fully saturated rings. The topological polar surface area (TPSA) is 95.7 Å². The van der Waals surface area contributed by atoms with Crippen molar-refractivity contribution in [3.05, 3.63) is 29.6 Å². The minimum Gasteiger partial charge on any atom is -0.490 e. The van der Waals surface area contributed by atoms with Crippen LogP contribution in [0.3, 0.4) is 0 Å². The molecule has 0 bridgehead atoms. The zero-order chi connectivity index (χ0) is 17.9. The second kappa shape index (κ2) is 7.23. The lowest BCUT2D eigenvalue weighted by molar-refractivity contribution is -0.121. The average molecular weight is 359 g/mol. The average Bonchev–Trinajstić information content (AvgIpc) is 3.25. The molecule has 1 N–H and O–H groups in total. The van der Waals surface area contributed by atoms with E-state index in [9.17, 15) is 4.79 Å². The number of aromatic nitrogens is 2. The van der Waals surface area contributed by atoms with Gasteiger partial charge in [-0.2, -0.15) is 0 Å². The monoisotopic (exact) mass is 359 g/mol. The number of nitrogens with one attached hydrogen (secondary N) is 1. The van der Waals surface area contributed by atoms with Gasteiger partial charge >= 0.3 is 0 Å². The van der Waals surface area contributed by atoms with Crippen molar-refractivity contribution in [2.45, 2.75) is 51.2 Å². The third kappa shape index (κ3) is 3.74. The first-order chi connectivity index (χ1) is 12.7. The Hall–Kier alpha value is -2.77. The van der Waals surface area contributed by atoms with E-state index in [2.05, 4.69) is 20.3 Å². The maximum absolute atomic E-state index is 12.1. The van der Waals surface area contributed by atoms with Crippen molar-refractivity contribution in [3.63, 3.8) is 0 Å². The molecule has 2 heterocycles. The summed E-state index contributed by atoms with van der Waals surface area (Å²) < 4.78 is 21.4. The zero-order valence-electron chi connectivity index (χ0n) is 14.6. The van der Waals surface area contributed by atoms with Gasteiger partial charge < -0.3 is 19.5 Å². The van der Waals surface area contributed by atoms with Crippen molar-refractivity contribution in [1.29, 1.82) is 0 Å². The summed E-state index contributed by atoms with van der Waals surface area (Å²) in [7, 11) is 0. The maximum atomic E-state index is 12.1. The Kier molecular flexibility index (Phi) is 4.64. The van der Waals surface area contributed by atoms with Crippen LogP contribution in [0.25, 0.3) is 0 Å². The summed E-state index contributed by atoms with van der Waals surface area (Å²) in [6, 6.07) is 5.80. The first-order valence-electron chi connectivity index (χ1n) is 8.81. The predicted molar refractivity (Wildman–Crippen MR) is 90.1 cm³/mol. The van der Waals surface area contributed by atoms with Gasteiger partial charge in [-0.05, 0) is 44.7 Å². The lowest BCUT2D eigenvalue weighted by atomic mass is 9.92. The van der Waals surface area contributed by atoms with Crippen molar-refractivity contribution in [1.82, 2.24) is 15.6 Å². The molecule has 1 amide bonds. The summed E-state index contributed by atoms with van der Waals surface area (Å²) in [6.07, 6.45) is 3.90. The van der Waals surface area contributed by atoms with E-state index in [1.165, 1.54) is 0 Å². The Morgan fingerprint density at radius 2 is 2.00 bits per heavy atom. The quantitative estimate of drug-likeness (QED) is 0.874. The van der Waals surface area contributed by atoms with E-state index in [-0.39, 0.29) is 31.3 Å². The van der Waals surface area contributed by atoms with E-state index in [1.807, 2.05) is 18.2 Å². The highest BCUT2D eigenvalue weighted by Crippen LogP contribution is 2.36. The van der Waals surface area contributed by atoms with E-state index in [0.29, 0.717) is 11.4 Å². The van der Waals surface area contributed by atoms with Gasteiger partial charge in [0, 0.05) is 12.1 Å². The molecule has 1 aromatic carbocycles. The van der Waals surface area contributed by atoms with Gasteiger partial charge in [0.05, 0.1) is 12.5 Å². The van der Waals surface area contributed by atoms with Gasteiger partial charge in [0.1, 0.15) is 17.1 Å².